The standard InChI is InChI=1S/C24H38O3/c1-16(2)22-12-7-17(3)15-23(22)27-24(25)19(5)13-18(4)14-20-8-10-21(26-6)11-9-20/h8-11,16-19,22-23H,7,12-15H2,1-6H3/t17-,18-,19+,22+,23-/m1/s1. The van der Waals surface area contributed by atoms with Gasteiger partial charge in [0.2, 0.25) is 0 Å². The van der Waals surface area contributed by atoms with Crippen LogP contribution in [0.2, 0.25) is 0 Å². The quantitative estimate of drug-likeness (QED) is 0.531. The van der Waals surface area contributed by atoms with Crippen molar-refractivity contribution in [1.29, 1.82) is 0 Å². The normalized spacial score (nSPS) is 25.1. The topological polar surface area (TPSA) is 35.5 Å². The minimum Gasteiger partial charge on any atom is -0.497 e. The predicted molar refractivity (Wildman–Crippen MR) is 111 cm³/mol. The Hall–Kier alpha value is -1.51. The minimum atomic E-state index is -0.0525. The molecule has 0 unspecified atom stereocenters. The molecule has 0 aliphatic heterocycles. The van der Waals surface area contributed by atoms with Crippen molar-refractivity contribution in [3.05, 3.63) is 29.8 Å². The van der Waals surface area contributed by atoms with Crippen molar-refractivity contribution in [2.45, 2.75) is 72.8 Å². The summed E-state index contributed by atoms with van der Waals surface area (Å²) in [5.41, 5.74) is 1.28. The van der Waals surface area contributed by atoms with E-state index < -0.39 is 0 Å². The fourth-order valence-corrected chi connectivity index (χ4v) is 4.46. The second-order valence-electron chi connectivity index (χ2n) is 9.10. The third kappa shape index (κ3) is 6.55. The number of methoxy groups -OCH3 is 1. The fourth-order valence-electron chi connectivity index (χ4n) is 4.46. The van der Waals surface area contributed by atoms with Crippen molar-refractivity contribution in [3.63, 3.8) is 0 Å². The zero-order chi connectivity index (χ0) is 20.0. The Balaban J connectivity index is 1.85. The molecule has 152 valence electrons. The smallest absolute Gasteiger partial charge is 0.308 e. The molecule has 0 radical (unpaired) electrons. The van der Waals surface area contributed by atoms with Gasteiger partial charge >= 0.3 is 5.97 Å². The first-order valence-corrected chi connectivity index (χ1v) is 10.6. The van der Waals surface area contributed by atoms with Crippen LogP contribution < -0.4 is 4.74 Å². The Morgan fingerprint density at radius 1 is 1.11 bits per heavy atom. The van der Waals surface area contributed by atoms with Crippen LogP contribution in [0.25, 0.3) is 0 Å². The highest BCUT2D eigenvalue weighted by atomic mass is 16.5. The molecule has 1 aliphatic carbocycles. The van der Waals surface area contributed by atoms with E-state index in [0.29, 0.717) is 23.7 Å². The molecule has 0 spiro atoms. The van der Waals surface area contributed by atoms with E-state index in [9.17, 15) is 4.79 Å². The van der Waals surface area contributed by atoms with Crippen LogP contribution in [0.4, 0.5) is 0 Å². The Labute approximate surface area is 165 Å². The van der Waals surface area contributed by atoms with Gasteiger partial charge in [-0.3, -0.25) is 4.79 Å². The summed E-state index contributed by atoms with van der Waals surface area (Å²) in [5.74, 6) is 2.98. The van der Waals surface area contributed by atoms with Gasteiger partial charge in [-0.05, 0) is 67.1 Å². The van der Waals surface area contributed by atoms with Crippen molar-refractivity contribution in [3.8, 4) is 5.75 Å². The molecular formula is C24H38O3. The summed E-state index contributed by atoms with van der Waals surface area (Å²) in [4.78, 5) is 12.7. The Kier molecular flexibility index (Phi) is 8.19. The Morgan fingerprint density at radius 3 is 2.37 bits per heavy atom. The minimum absolute atomic E-state index is 0.0127. The SMILES string of the molecule is COc1ccc(C[C@H](C)C[C@H](C)C(=O)O[C@@H]2C[C@H](C)CC[C@H]2C(C)C)cc1. The molecule has 5 atom stereocenters. The maximum absolute atomic E-state index is 12.7. The van der Waals surface area contributed by atoms with Gasteiger partial charge in [0.25, 0.3) is 0 Å². The number of hydrogen-bond acceptors (Lipinski definition) is 3. The molecule has 1 saturated carbocycles. The Morgan fingerprint density at radius 2 is 1.78 bits per heavy atom. The van der Waals surface area contributed by atoms with Crippen molar-refractivity contribution in [1.82, 2.24) is 0 Å². The molecule has 2 rings (SSSR count). The van der Waals surface area contributed by atoms with Crippen molar-refractivity contribution in [2.24, 2.45) is 29.6 Å². The molecule has 1 fully saturated rings. The van der Waals surface area contributed by atoms with Crippen LogP contribution in [0.15, 0.2) is 24.3 Å². The van der Waals surface area contributed by atoms with E-state index in [1.807, 2.05) is 19.1 Å². The number of esters is 1. The number of ether oxygens (including phenoxy) is 2. The van der Waals surface area contributed by atoms with Gasteiger partial charge in [0, 0.05) is 0 Å². The van der Waals surface area contributed by atoms with E-state index in [-0.39, 0.29) is 18.0 Å². The van der Waals surface area contributed by atoms with Gasteiger partial charge in [0.1, 0.15) is 11.9 Å². The highest BCUT2D eigenvalue weighted by Crippen LogP contribution is 2.36. The highest BCUT2D eigenvalue weighted by Gasteiger charge is 2.34. The van der Waals surface area contributed by atoms with Crippen LogP contribution in [0.5, 0.6) is 5.75 Å². The predicted octanol–water partition coefficient (Wildman–Crippen LogP) is 5.90. The lowest BCUT2D eigenvalue weighted by Gasteiger charge is -2.37. The zero-order valence-electron chi connectivity index (χ0n) is 18.0. The first kappa shape index (κ1) is 21.8. The highest BCUT2D eigenvalue weighted by molar-refractivity contribution is 5.72. The van der Waals surface area contributed by atoms with Gasteiger partial charge in [0.05, 0.1) is 13.0 Å². The van der Waals surface area contributed by atoms with Gasteiger partial charge in [0.15, 0.2) is 0 Å². The molecule has 0 saturated heterocycles. The van der Waals surface area contributed by atoms with E-state index in [4.69, 9.17) is 9.47 Å². The third-order valence-corrected chi connectivity index (χ3v) is 6.13. The monoisotopic (exact) mass is 374 g/mol. The summed E-state index contributed by atoms with van der Waals surface area (Å²) in [7, 11) is 1.68. The molecule has 0 amide bonds. The zero-order valence-corrected chi connectivity index (χ0v) is 18.0. The van der Waals surface area contributed by atoms with Crippen LogP contribution >= 0.6 is 0 Å². The fraction of sp³-hybridized carbons (Fsp3) is 0.708. The summed E-state index contributed by atoms with van der Waals surface area (Å²) in [6.07, 6.45) is 5.38. The number of carbonyl (C=O) groups excluding carboxylic acids is 1. The number of benzene rings is 1. The molecule has 27 heavy (non-hydrogen) atoms. The molecule has 1 aromatic carbocycles. The van der Waals surface area contributed by atoms with E-state index in [0.717, 1.165) is 25.0 Å². The number of rotatable bonds is 8. The molecule has 0 aromatic heterocycles. The maximum Gasteiger partial charge on any atom is 0.308 e. The lowest BCUT2D eigenvalue weighted by Crippen LogP contribution is -2.37. The molecule has 1 aromatic rings. The second kappa shape index (κ2) is 10.1. The summed E-state index contributed by atoms with van der Waals surface area (Å²) < 4.78 is 11.2. The van der Waals surface area contributed by atoms with E-state index in [1.54, 1.807) is 7.11 Å². The molecule has 3 nitrogen and oxygen atoms in total. The molecular weight excluding hydrogens is 336 g/mol. The third-order valence-electron chi connectivity index (χ3n) is 6.13. The van der Waals surface area contributed by atoms with Crippen molar-refractivity contribution < 1.29 is 14.3 Å². The summed E-state index contributed by atoms with van der Waals surface area (Å²) in [6.45, 7) is 11.0. The number of hydrogen-bond donors (Lipinski definition) is 0. The van der Waals surface area contributed by atoms with Crippen LogP contribution in [-0.2, 0) is 16.0 Å². The molecule has 0 bridgehead atoms. The van der Waals surface area contributed by atoms with Crippen molar-refractivity contribution >= 4 is 5.97 Å². The first-order valence-electron chi connectivity index (χ1n) is 10.6. The molecule has 0 heterocycles. The largest absolute Gasteiger partial charge is 0.497 e. The molecule has 0 N–H and O–H groups in total. The van der Waals surface area contributed by atoms with Gasteiger partial charge in [-0.1, -0.05) is 53.2 Å². The van der Waals surface area contributed by atoms with Gasteiger partial charge < -0.3 is 9.47 Å². The van der Waals surface area contributed by atoms with Crippen molar-refractivity contribution in [2.75, 3.05) is 7.11 Å². The Bertz CT molecular complexity index is 578. The lowest BCUT2D eigenvalue weighted by atomic mass is 9.75. The molecule has 3 heteroatoms. The van der Waals surface area contributed by atoms with Crippen LogP contribution in [0, 0.1) is 29.6 Å². The van der Waals surface area contributed by atoms with Crippen LogP contribution in [-0.4, -0.2) is 19.2 Å². The maximum atomic E-state index is 12.7. The second-order valence-corrected chi connectivity index (χ2v) is 9.10. The van der Waals surface area contributed by atoms with Gasteiger partial charge in [-0.25, -0.2) is 0 Å². The van der Waals surface area contributed by atoms with E-state index >= 15 is 0 Å². The first-order chi connectivity index (χ1) is 12.8. The van der Waals surface area contributed by atoms with E-state index in [1.165, 1.54) is 18.4 Å². The van der Waals surface area contributed by atoms with Gasteiger partial charge in [-0.15, -0.1) is 0 Å². The van der Waals surface area contributed by atoms with Gasteiger partial charge in [-0.2, -0.15) is 0 Å². The summed E-state index contributed by atoms with van der Waals surface area (Å²) >= 11 is 0. The van der Waals surface area contributed by atoms with Crippen LogP contribution in [0.3, 0.4) is 0 Å². The average molecular weight is 375 g/mol. The summed E-state index contributed by atoms with van der Waals surface area (Å²) in [6, 6.07) is 8.20. The lowest BCUT2D eigenvalue weighted by molar-refractivity contribution is -0.161. The van der Waals surface area contributed by atoms with Crippen LogP contribution in [0.1, 0.15) is 65.9 Å². The van der Waals surface area contributed by atoms with E-state index in [2.05, 4.69) is 39.8 Å². The molecule has 1 aliphatic rings. The average Bonchev–Trinajstić information content (AvgIpc) is 2.62. The summed E-state index contributed by atoms with van der Waals surface area (Å²) in [5, 5.41) is 0. The number of carbonyl (C=O) groups is 1.